The number of hydrogen-bond acceptors (Lipinski definition) is 7. The van der Waals surface area contributed by atoms with Gasteiger partial charge in [0, 0.05) is 13.0 Å². The summed E-state index contributed by atoms with van der Waals surface area (Å²) in [6.45, 7) is 4.40. The topological polar surface area (TPSA) is 101 Å². The zero-order valence-corrected chi connectivity index (χ0v) is 14.4. The minimum Gasteiger partial charge on any atom is -0.481 e. The first-order valence-electron chi connectivity index (χ1n) is 6.91. The van der Waals surface area contributed by atoms with Crippen molar-refractivity contribution in [3.05, 3.63) is 16.8 Å². The van der Waals surface area contributed by atoms with E-state index in [9.17, 15) is 9.59 Å². The molecule has 2 aromatic rings. The van der Waals surface area contributed by atoms with E-state index >= 15 is 0 Å². The number of carbonyl (C=O) groups is 2. The number of thiophene rings is 1. The molecule has 0 aliphatic heterocycles. The van der Waals surface area contributed by atoms with Gasteiger partial charge in [0.05, 0.1) is 12.0 Å². The molecule has 2 aromatic heterocycles. The zero-order valence-electron chi connectivity index (χ0n) is 12.8. The van der Waals surface area contributed by atoms with E-state index in [1.165, 1.54) is 17.7 Å². The van der Waals surface area contributed by atoms with Crippen molar-refractivity contribution in [1.82, 2.24) is 9.97 Å². The average molecular weight is 360 g/mol. The number of ether oxygens (including phenoxy) is 1. The van der Waals surface area contributed by atoms with Crippen LogP contribution in [0.2, 0.25) is 0 Å². The number of nitrogens with one attached hydrogen (secondary N) is 1. The molecule has 0 bridgehead atoms. The highest BCUT2D eigenvalue weighted by Crippen LogP contribution is 2.33. The molecule has 126 valence electrons. The summed E-state index contributed by atoms with van der Waals surface area (Å²) in [5.74, 6) is -0.578. The summed E-state index contributed by atoms with van der Waals surface area (Å²) in [6.07, 6.45) is 2.01. The molecule has 0 saturated carbocycles. The number of nitrogens with zero attached hydrogens (tertiary/aromatic N) is 2. The summed E-state index contributed by atoms with van der Waals surface area (Å²) in [5, 5.41) is 12.5. The Morgan fingerprint density at radius 2 is 2.13 bits per heavy atom. The number of fused-ring (bicyclic) bond motifs is 1. The quantitative estimate of drug-likeness (QED) is 0.578. The number of carboxylic acids is 1. The van der Waals surface area contributed by atoms with Crippen molar-refractivity contribution in [2.75, 3.05) is 18.5 Å². The van der Waals surface area contributed by atoms with E-state index < -0.39 is 5.97 Å². The van der Waals surface area contributed by atoms with Gasteiger partial charge in [-0.1, -0.05) is 0 Å². The predicted molar refractivity (Wildman–Crippen MR) is 90.7 cm³/mol. The van der Waals surface area contributed by atoms with Gasteiger partial charge in [-0.3, -0.25) is 4.79 Å². The van der Waals surface area contributed by atoms with Crippen LogP contribution < -0.4 is 5.32 Å². The summed E-state index contributed by atoms with van der Waals surface area (Å²) in [7, 11) is 0. The Kier molecular flexibility index (Phi) is 7.18. The van der Waals surface area contributed by atoms with Gasteiger partial charge in [0.2, 0.25) is 0 Å². The third-order valence-electron chi connectivity index (χ3n) is 3.05. The molecule has 0 fully saturated rings. The van der Waals surface area contributed by atoms with Crippen molar-refractivity contribution < 1.29 is 19.4 Å². The van der Waals surface area contributed by atoms with Crippen LogP contribution >= 0.6 is 23.7 Å². The van der Waals surface area contributed by atoms with E-state index in [1.54, 1.807) is 6.92 Å². The maximum atomic E-state index is 11.9. The molecule has 7 nitrogen and oxygen atoms in total. The molecule has 0 unspecified atom stereocenters. The fraction of sp³-hybridized carbons (Fsp3) is 0.429. The minimum absolute atomic E-state index is 0. The number of carbonyl (C=O) groups excluding carboxylic acids is 1. The van der Waals surface area contributed by atoms with Gasteiger partial charge in [-0.2, -0.15) is 0 Å². The lowest BCUT2D eigenvalue weighted by Gasteiger charge is -2.06. The second-order valence-corrected chi connectivity index (χ2v) is 5.60. The van der Waals surface area contributed by atoms with Crippen molar-refractivity contribution >= 4 is 51.7 Å². The largest absolute Gasteiger partial charge is 0.481 e. The number of aliphatic carboxylic acids is 1. The number of halogens is 1. The number of anilines is 1. The molecule has 0 spiro atoms. The van der Waals surface area contributed by atoms with Crippen molar-refractivity contribution in [2.45, 2.75) is 26.7 Å². The Bertz CT molecular complexity index is 705. The normalized spacial score (nSPS) is 10.2. The smallest absolute Gasteiger partial charge is 0.348 e. The first-order chi connectivity index (χ1) is 10.5. The highest BCUT2D eigenvalue weighted by molar-refractivity contribution is 7.20. The van der Waals surface area contributed by atoms with Gasteiger partial charge < -0.3 is 15.2 Å². The summed E-state index contributed by atoms with van der Waals surface area (Å²) < 4.78 is 5.04. The predicted octanol–water partition coefficient (Wildman–Crippen LogP) is 2.87. The summed E-state index contributed by atoms with van der Waals surface area (Å²) in [4.78, 5) is 32.1. The highest BCUT2D eigenvalue weighted by atomic mass is 35.5. The van der Waals surface area contributed by atoms with Crippen molar-refractivity contribution in [3.63, 3.8) is 0 Å². The van der Waals surface area contributed by atoms with Gasteiger partial charge in [-0.15, -0.1) is 23.7 Å². The Labute approximate surface area is 143 Å². The van der Waals surface area contributed by atoms with Crippen LogP contribution in [0.15, 0.2) is 6.33 Å². The standard InChI is InChI=1S/C14H17N3O4S.ClH/c1-3-21-14(20)11-8(2)10-12(15-6-4-5-9(18)19)16-7-17-13(10)22-11;/h7H,3-6H2,1-2H3,(H,18,19)(H,15,16,17);1H. The van der Waals surface area contributed by atoms with Crippen molar-refractivity contribution in [3.8, 4) is 0 Å². The van der Waals surface area contributed by atoms with Gasteiger partial charge in [0.1, 0.15) is 21.9 Å². The second-order valence-electron chi connectivity index (χ2n) is 4.60. The van der Waals surface area contributed by atoms with Crippen LogP contribution in [0.25, 0.3) is 10.2 Å². The second kappa shape index (κ2) is 8.64. The molecule has 0 radical (unpaired) electrons. The molecule has 0 atom stereocenters. The molecule has 0 amide bonds. The van der Waals surface area contributed by atoms with Gasteiger partial charge in [-0.25, -0.2) is 14.8 Å². The number of carboxylic acid groups (broad SMARTS) is 1. The van der Waals surface area contributed by atoms with E-state index in [4.69, 9.17) is 9.84 Å². The van der Waals surface area contributed by atoms with E-state index in [0.29, 0.717) is 35.1 Å². The monoisotopic (exact) mass is 359 g/mol. The van der Waals surface area contributed by atoms with Crippen LogP contribution in [-0.4, -0.2) is 40.2 Å². The molecule has 2 rings (SSSR count). The highest BCUT2D eigenvalue weighted by Gasteiger charge is 2.19. The lowest BCUT2D eigenvalue weighted by Crippen LogP contribution is -2.07. The Balaban J connectivity index is 0.00000264. The molecular formula is C14H18ClN3O4S. The maximum absolute atomic E-state index is 11.9. The summed E-state index contributed by atoms with van der Waals surface area (Å²) in [6, 6.07) is 0. The summed E-state index contributed by atoms with van der Waals surface area (Å²) >= 11 is 1.27. The minimum atomic E-state index is -0.828. The number of hydrogen-bond donors (Lipinski definition) is 2. The van der Waals surface area contributed by atoms with Crippen molar-refractivity contribution in [1.29, 1.82) is 0 Å². The lowest BCUT2D eigenvalue weighted by molar-refractivity contribution is -0.137. The van der Waals surface area contributed by atoms with Gasteiger partial charge >= 0.3 is 11.9 Å². The van der Waals surface area contributed by atoms with Gasteiger partial charge in [0.25, 0.3) is 0 Å². The SMILES string of the molecule is CCOC(=O)c1sc2ncnc(NCCCC(=O)O)c2c1C.Cl. The third-order valence-corrected chi connectivity index (χ3v) is 4.23. The average Bonchev–Trinajstić information content (AvgIpc) is 2.82. The van der Waals surface area contributed by atoms with Crippen LogP contribution in [0.3, 0.4) is 0 Å². The van der Waals surface area contributed by atoms with E-state index in [-0.39, 0.29) is 24.8 Å². The first-order valence-corrected chi connectivity index (χ1v) is 7.73. The molecule has 0 saturated heterocycles. The van der Waals surface area contributed by atoms with Crippen LogP contribution in [0.1, 0.15) is 35.0 Å². The van der Waals surface area contributed by atoms with Crippen molar-refractivity contribution in [2.24, 2.45) is 0 Å². The van der Waals surface area contributed by atoms with Gasteiger partial charge in [-0.05, 0) is 25.8 Å². The number of rotatable bonds is 7. The van der Waals surface area contributed by atoms with E-state index in [2.05, 4.69) is 15.3 Å². The molecule has 0 aliphatic rings. The number of esters is 1. The zero-order chi connectivity index (χ0) is 16.1. The van der Waals surface area contributed by atoms with E-state index in [1.807, 2.05) is 6.92 Å². The summed E-state index contributed by atoms with van der Waals surface area (Å²) in [5.41, 5.74) is 0.778. The first kappa shape index (κ1) is 19.1. The van der Waals surface area contributed by atoms with Gasteiger partial charge in [0.15, 0.2) is 0 Å². The molecule has 0 aromatic carbocycles. The molecule has 0 aliphatic carbocycles. The molecule has 23 heavy (non-hydrogen) atoms. The number of aryl methyl sites for hydroxylation is 1. The Hall–Kier alpha value is -1.93. The lowest BCUT2D eigenvalue weighted by atomic mass is 10.2. The third kappa shape index (κ3) is 4.52. The molecule has 2 heterocycles. The molecular weight excluding hydrogens is 342 g/mol. The van der Waals surface area contributed by atoms with Crippen LogP contribution in [0.4, 0.5) is 5.82 Å². The Morgan fingerprint density at radius 3 is 2.78 bits per heavy atom. The van der Waals surface area contributed by atoms with Crippen LogP contribution in [0.5, 0.6) is 0 Å². The fourth-order valence-electron chi connectivity index (χ4n) is 2.04. The number of aromatic nitrogens is 2. The molecule has 2 N–H and O–H groups in total. The van der Waals surface area contributed by atoms with Crippen LogP contribution in [-0.2, 0) is 9.53 Å². The van der Waals surface area contributed by atoms with E-state index in [0.717, 1.165) is 10.9 Å². The fourth-order valence-corrected chi connectivity index (χ4v) is 3.09. The maximum Gasteiger partial charge on any atom is 0.348 e. The van der Waals surface area contributed by atoms with Crippen LogP contribution in [0, 0.1) is 6.92 Å². The Morgan fingerprint density at radius 1 is 1.39 bits per heavy atom. The molecule has 9 heteroatoms.